The van der Waals surface area contributed by atoms with Crippen molar-refractivity contribution in [2.24, 2.45) is 0 Å². The van der Waals surface area contributed by atoms with Gasteiger partial charge in [0.2, 0.25) is 5.78 Å². The molecule has 0 N–H and O–H groups in total. The van der Waals surface area contributed by atoms with Crippen LogP contribution in [-0.2, 0) is 4.79 Å². The summed E-state index contributed by atoms with van der Waals surface area (Å²) in [6.07, 6.45) is -5.40. The van der Waals surface area contributed by atoms with Gasteiger partial charge in [-0.05, 0) is 24.3 Å². The molecule has 0 aliphatic carbocycles. The van der Waals surface area contributed by atoms with E-state index in [-0.39, 0.29) is 5.56 Å². The Balaban J connectivity index is 2.77. The number of Topliss-reactive ketones (excluding diaryl/α,β-unsaturated/α-hetero) is 2. The molecule has 0 bridgehead atoms. The van der Waals surface area contributed by atoms with Gasteiger partial charge in [0, 0.05) is 10.6 Å². The predicted molar refractivity (Wildman–Crippen MR) is 56.4 cm³/mol. The van der Waals surface area contributed by atoms with E-state index in [0.29, 0.717) is 5.02 Å². The Morgan fingerprint density at radius 1 is 1.17 bits per heavy atom. The number of alkyl halides is 4. The van der Waals surface area contributed by atoms with Crippen LogP contribution < -0.4 is 0 Å². The van der Waals surface area contributed by atoms with Crippen molar-refractivity contribution in [1.29, 1.82) is 0 Å². The van der Waals surface area contributed by atoms with Crippen LogP contribution in [0.5, 0.6) is 0 Å². The van der Waals surface area contributed by atoms with Gasteiger partial charge in [-0.25, -0.2) is 8.78 Å². The lowest BCUT2D eigenvalue weighted by Gasteiger charge is -2.12. The van der Waals surface area contributed by atoms with E-state index in [1.807, 2.05) is 0 Å². The van der Waals surface area contributed by atoms with Crippen LogP contribution in [0.2, 0.25) is 5.02 Å². The molecule has 0 unspecified atom stereocenters. The van der Waals surface area contributed by atoms with Gasteiger partial charge < -0.3 is 0 Å². The second kappa shape index (κ2) is 5.48. The predicted octanol–water partition coefficient (Wildman–Crippen LogP) is 3.38. The molecule has 7 heteroatoms. The van der Waals surface area contributed by atoms with E-state index in [1.54, 1.807) is 0 Å². The molecule has 0 saturated heterocycles. The number of halogens is 5. The van der Waals surface area contributed by atoms with Gasteiger partial charge in [-0.15, -0.1) is 0 Å². The first kappa shape index (κ1) is 14.6. The third-order valence-electron chi connectivity index (χ3n) is 2.13. The highest BCUT2D eigenvalue weighted by molar-refractivity contribution is 6.30. The lowest BCUT2D eigenvalue weighted by molar-refractivity contribution is -0.166. The molecule has 1 aromatic carbocycles. The van der Waals surface area contributed by atoms with E-state index >= 15 is 0 Å². The van der Waals surface area contributed by atoms with Crippen LogP contribution in [0.25, 0.3) is 0 Å². The number of rotatable bonds is 5. The average molecular weight is 283 g/mol. The van der Waals surface area contributed by atoms with Gasteiger partial charge in [0.1, 0.15) is 0 Å². The van der Waals surface area contributed by atoms with Crippen LogP contribution >= 0.6 is 11.6 Å². The first-order valence-corrected chi connectivity index (χ1v) is 5.11. The van der Waals surface area contributed by atoms with Crippen molar-refractivity contribution in [3.05, 3.63) is 34.9 Å². The van der Waals surface area contributed by atoms with E-state index in [1.165, 1.54) is 24.3 Å². The first-order valence-electron chi connectivity index (χ1n) is 4.73. The van der Waals surface area contributed by atoms with Crippen molar-refractivity contribution in [2.75, 3.05) is 0 Å². The third kappa shape index (κ3) is 3.29. The standard InChI is InChI=1S/C11H7ClF4O2/c12-7-3-1-6(2-4-7)8(17)5-9(18)11(15,16)10(13)14/h1-4,10H,5H2. The molecule has 0 aliphatic heterocycles. The molecule has 18 heavy (non-hydrogen) atoms. The molecule has 0 amide bonds. The highest BCUT2D eigenvalue weighted by Gasteiger charge is 2.48. The zero-order valence-corrected chi connectivity index (χ0v) is 9.56. The van der Waals surface area contributed by atoms with Gasteiger partial charge in [-0.2, -0.15) is 8.78 Å². The van der Waals surface area contributed by atoms with Crippen molar-refractivity contribution in [3.8, 4) is 0 Å². The molecule has 0 aromatic heterocycles. The minimum Gasteiger partial charge on any atom is -0.294 e. The van der Waals surface area contributed by atoms with E-state index in [2.05, 4.69) is 0 Å². The highest BCUT2D eigenvalue weighted by Crippen LogP contribution is 2.26. The van der Waals surface area contributed by atoms with Gasteiger partial charge in [-0.1, -0.05) is 11.6 Å². The summed E-state index contributed by atoms with van der Waals surface area (Å²) in [5.41, 5.74) is -0.0437. The van der Waals surface area contributed by atoms with E-state index in [0.717, 1.165) is 0 Å². The molecule has 0 heterocycles. The van der Waals surface area contributed by atoms with Gasteiger partial charge in [-0.3, -0.25) is 9.59 Å². The number of hydrogen-bond donors (Lipinski definition) is 0. The second-order valence-corrected chi connectivity index (χ2v) is 3.89. The quantitative estimate of drug-likeness (QED) is 0.471. The van der Waals surface area contributed by atoms with E-state index in [4.69, 9.17) is 11.6 Å². The van der Waals surface area contributed by atoms with Crippen molar-refractivity contribution in [2.45, 2.75) is 18.8 Å². The van der Waals surface area contributed by atoms with Crippen LogP contribution in [0.1, 0.15) is 16.8 Å². The molecular formula is C11H7ClF4O2. The minimum atomic E-state index is -4.80. The topological polar surface area (TPSA) is 34.1 Å². The van der Waals surface area contributed by atoms with Crippen molar-refractivity contribution >= 4 is 23.2 Å². The van der Waals surface area contributed by atoms with E-state index < -0.39 is 30.3 Å². The Morgan fingerprint density at radius 3 is 2.11 bits per heavy atom. The van der Waals surface area contributed by atoms with Gasteiger partial charge >= 0.3 is 12.3 Å². The van der Waals surface area contributed by atoms with E-state index in [9.17, 15) is 27.2 Å². The summed E-state index contributed by atoms with van der Waals surface area (Å²) in [6.45, 7) is 0. The number of benzene rings is 1. The third-order valence-corrected chi connectivity index (χ3v) is 2.39. The molecule has 1 aromatic rings. The van der Waals surface area contributed by atoms with Gasteiger partial charge in [0.25, 0.3) is 0 Å². The van der Waals surface area contributed by atoms with Gasteiger partial charge in [0.05, 0.1) is 6.42 Å². The fourth-order valence-electron chi connectivity index (χ4n) is 1.12. The average Bonchev–Trinajstić information content (AvgIpc) is 2.29. The summed E-state index contributed by atoms with van der Waals surface area (Å²) in [5, 5.41) is 0.316. The van der Waals surface area contributed by atoms with Crippen LogP contribution in [0.15, 0.2) is 24.3 Å². The number of carbonyl (C=O) groups excluding carboxylic acids is 2. The fourth-order valence-corrected chi connectivity index (χ4v) is 1.25. The van der Waals surface area contributed by atoms with Crippen molar-refractivity contribution in [3.63, 3.8) is 0 Å². The Kier molecular flexibility index (Phi) is 4.45. The lowest BCUT2D eigenvalue weighted by atomic mass is 10.0. The maximum Gasteiger partial charge on any atom is 0.364 e. The SMILES string of the molecule is O=C(CC(=O)C(F)(F)C(F)F)c1ccc(Cl)cc1. The molecule has 2 nitrogen and oxygen atoms in total. The fraction of sp³-hybridized carbons (Fsp3) is 0.273. The Labute approximate surface area is 105 Å². The van der Waals surface area contributed by atoms with Crippen LogP contribution in [-0.4, -0.2) is 23.9 Å². The number of hydrogen-bond acceptors (Lipinski definition) is 2. The molecular weight excluding hydrogens is 276 g/mol. The normalized spacial score (nSPS) is 11.7. The number of carbonyl (C=O) groups is 2. The summed E-state index contributed by atoms with van der Waals surface area (Å²) in [6, 6.07) is 5.09. The summed E-state index contributed by atoms with van der Waals surface area (Å²) in [4.78, 5) is 22.3. The maximum absolute atomic E-state index is 12.6. The molecule has 0 atom stereocenters. The summed E-state index contributed by atoms with van der Waals surface area (Å²) < 4.78 is 49.0. The van der Waals surface area contributed by atoms with Crippen LogP contribution in [0.4, 0.5) is 17.6 Å². The molecule has 0 spiro atoms. The van der Waals surface area contributed by atoms with Crippen molar-refractivity contribution in [1.82, 2.24) is 0 Å². The first-order chi connectivity index (χ1) is 8.25. The Hall–Kier alpha value is -1.43. The largest absolute Gasteiger partial charge is 0.364 e. The monoisotopic (exact) mass is 282 g/mol. The summed E-state index contributed by atoms with van der Waals surface area (Å²) in [7, 11) is 0. The lowest BCUT2D eigenvalue weighted by Crippen LogP contribution is -2.37. The smallest absolute Gasteiger partial charge is 0.294 e. The Bertz CT molecular complexity index is 457. The Morgan fingerprint density at radius 2 is 1.67 bits per heavy atom. The minimum absolute atomic E-state index is 0.0437. The number of ketones is 2. The molecule has 98 valence electrons. The zero-order valence-electron chi connectivity index (χ0n) is 8.80. The second-order valence-electron chi connectivity index (χ2n) is 3.45. The zero-order chi connectivity index (χ0) is 13.9. The molecule has 0 saturated carbocycles. The maximum atomic E-state index is 12.6. The summed E-state index contributed by atoms with van der Waals surface area (Å²) in [5.74, 6) is -7.86. The summed E-state index contributed by atoms with van der Waals surface area (Å²) >= 11 is 5.54. The van der Waals surface area contributed by atoms with Crippen LogP contribution in [0, 0.1) is 0 Å². The van der Waals surface area contributed by atoms with Crippen molar-refractivity contribution < 1.29 is 27.2 Å². The molecule has 0 aliphatic rings. The highest BCUT2D eigenvalue weighted by atomic mass is 35.5. The molecule has 1 rings (SSSR count). The molecule has 0 fully saturated rings. The molecule has 0 radical (unpaired) electrons. The van der Waals surface area contributed by atoms with Gasteiger partial charge in [0.15, 0.2) is 5.78 Å². The van der Waals surface area contributed by atoms with Crippen LogP contribution in [0.3, 0.4) is 0 Å².